The minimum atomic E-state index is -0.876. The molecule has 1 amide bonds. The highest BCUT2D eigenvalue weighted by Gasteiger charge is 2.34. The van der Waals surface area contributed by atoms with Crippen LogP contribution in [-0.4, -0.2) is 23.8 Å². The summed E-state index contributed by atoms with van der Waals surface area (Å²) < 4.78 is 5.40. The summed E-state index contributed by atoms with van der Waals surface area (Å²) >= 11 is 0. The second-order valence-corrected chi connectivity index (χ2v) is 8.62. The van der Waals surface area contributed by atoms with Crippen LogP contribution in [-0.2, 0) is 14.3 Å². The van der Waals surface area contributed by atoms with Gasteiger partial charge in [-0.15, -0.1) is 0 Å². The fraction of sp³-hybridized carbons (Fsp3) is 0.591. The van der Waals surface area contributed by atoms with Crippen molar-refractivity contribution in [2.24, 2.45) is 17.3 Å². The molecule has 1 aliphatic carbocycles. The first-order chi connectivity index (χ1) is 12.6. The van der Waals surface area contributed by atoms with Gasteiger partial charge in [0.25, 0.3) is 5.91 Å². The number of hydrogen-bond donors (Lipinski definition) is 1. The highest BCUT2D eigenvalue weighted by Crippen LogP contribution is 2.40. The quantitative estimate of drug-likeness (QED) is 0.604. The number of ether oxygens (including phenoxy) is 1. The fourth-order valence-electron chi connectivity index (χ4n) is 3.58. The smallest absolute Gasteiger partial charge is 0.309 e. The molecule has 5 heteroatoms. The van der Waals surface area contributed by atoms with E-state index in [0.29, 0.717) is 17.2 Å². The Hall–Kier alpha value is -2.17. The van der Waals surface area contributed by atoms with Gasteiger partial charge in [0.2, 0.25) is 0 Å². The van der Waals surface area contributed by atoms with E-state index in [1.165, 1.54) is 6.92 Å². The maximum Gasteiger partial charge on any atom is 0.309 e. The van der Waals surface area contributed by atoms with Gasteiger partial charge in [0.15, 0.2) is 11.9 Å². The van der Waals surface area contributed by atoms with Crippen LogP contribution in [0.4, 0.5) is 5.69 Å². The molecule has 1 fully saturated rings. The Kier molecular flexibility index (Phi) is 6.79. The van der Waals surface area contributed by atoms with E-state index in [0.717, 1.165) is 25.7 Å². The number of nitrogens with one attached hydrogen (secondary N) is 1. The first-order valence-corrected chi connectivity index (χ1v) is 9.70. The molecule has 0 spiro atoms. The molecule has 0 unspecified atom stereocenters. The predicted octanol–water partition coefficient (Wildman–Crippen LogP) is 4.61. The molecule has 1 N–H and O–H groups in total. The number of carbonyl (C=O) groups is 3. The van der Waals surface area contributed by atoms with E-state index in [9.17, 15) is 14.4 Å². The SMILES string of the molecule is CC(=O)c1cccc(NC(=O)[C@H](C)OC(=O)C2CCC(C(C)(C)C)CC2)c1. The van der Waals surface area contributed by atoms with Gasteiger partial charge in [-0.25, -0.2) is 0 Å². The number of amides is 1. The summed E-state index contributed by atoms with van der Waals surface area (Å²) in [5, 5.41) is 2.70. The topological polar surface area (TPSA) is 72.5 Å². The number of carbonyl (C=O) groups excluding carboxylic acids is 3. The van der Waals surface area contributed by atoms with Gasteiger partial charge in [-0.2, -0.15) is 0 Å². The molecule has 0 bridgehead atoms. The van der Waals surface area contributed by atoms with Crippen LogP contribution in [0.5, 0.6) is 0 Å². The highest BCUT2D eigenvalue weighted by molar-refractivity contribution is 5.98. The van der Waals surface area contributed by atoms with Crippen molar-refractivity contribution >= 4 is 23.3 Å². The predicted molar refractivity (Wildman–Crippen MR) is 106 cm³/mol. The molecule has 1 saturated carbocycles. The Labute approximate surface area is 161 Å². The summed E-state index contributed by atoms with van der Waals surface area (Å²) in [6, 6.07) is 6.71. The number of ketones is 1. The van der Waals surface area contributed by atoms with Gasteiger partial charge < -0.3 is 10.1 Å². The molecule has 0 aromatic heterocycles. The molecule has 1 aromatic rings. The number of benzene rings is 1. The molecule has 27 heavy (non-hydrogen) atoms. The summed E-state index contributed by atoms with van der Waals surface area (Å²) in [5.74, 6) is -0.262. The molecule has 5 nitrogen and oxygen atoms in total. The minimum Gasteiger partial charge on any atom is -0.452 e. The third kappa shape index (κ3) is 5.91. The summed E-state index contributed by atoms with van der Waals surface area (Å²) in [6.07, 6.45) is 2.79. The standard InChI is InChI=1S/C22H31NO4/c1-14(24)17-7-6-8-19(13-17)23-20(25)15(2)27-21(26)16-9-11-18(12-10-16)22(3,4)5/h6-8,13,15-16,18H,9-12H2,1-5H3,(H,23,25)/t15-,16?,18?/m0/s1. The first kappa shape index (κ1) is 21.1. The zero-order valence-electron chi connectivity index (χ0n) is 17.0. The monoisotopic (exact) mass is 373 g/mol. The third-order valence-electron chi connectivity index (χ3n) is 5.48. The van der Waals surface area contributed by atoms with Gasteiger partial charge in [0.1, 0.15) is 0 Å². The van der Waals surface area contributed by atoms with Crippen LogP contribution in [0.15, 0.2) is 24.3 Å². The average molecular weight is 373 g/mol. The Morgan fingerprint density at radius 3 is 2.30 bits per heavy atom. The van der Waals surface area contributed by atoms with Gasteiger partial charge in [0.05, 0.1) is 5.92 Å². The highest BCUT2D eigenvalue weighted by atomic mass is 16.5. The first-order valence-electron chi connectivity index (χ1n) is 9.70. The van der Waals surface area contributed by atoms with Crippen molar-refractivity contribution in [3.8, 4) is 0 Å². The maximum atomic E-state index is 12.4. The van der Waals surface area contributed by atoms with Crippen LogP contribution in [0.2, 0.25) is 0 Å². The number of Topliss-reactive ketones (excluding diaryl/α,β-unsaturated/α-hetero) is 1. The van der Waals surface area contributed by atoms with Crippen LogP contribution >= 0.6 is 0 Å². The molecule has 1 aliphatic rings. The number of esters is 1. The van der Waals surface area contributed by atoms with Gasteiger partial charge in [0, 0.05) is 11.3 Å². The van der Waals surface area contributed by atoms with E-state index < -0.39 is 12.0 Å². The Morgan fingerprint density at radius 1 is 1.11 bits per heavy atom. The maximum absolute atomic E-state index is 12.4. The van der Waals surface area contributed by atoms with Crippen molar-refractivity contribution < 1.29 is 19.1 Å². The summed E-state index contributed by atoms with van der Waals surface area (Å²) in [5.41, 5.74) is 1.30. The summed E-state index contributed by atoms with van der Waals surface area (Å²) in [4.78, 5) is 36.2. The molecule has 1 aromatic carbocycles. The largest absolute Gasteiger partial charge is 0.452 e. The third-order valence-corrected chi connectivity index (χ3v) is 5.48. The minimum absolute atomic E-state index is 0.0727. The second-order valence-electron chi connectivity index (χ2n) is 8.62. The Balaban J connectivity index is 1.86. The lowest BCUT2D eigenvalue weighted by Crippen LogP contribution is -2.34. The van der Waals surface area contributed by atoms with Crippen molar-refractivity contribution in [3.05, 3.63) is 29.8 Å². The van der Waals surface area contributed by atoms with Crippen molar-refractivity contribution in [3.63, 3.8) is 0 Å². The zero-order chi connectivity index (χ0) is 20.2. The van der Waals surface area contributed by atoms with E-state index >= 15 is 0 Å². The van der Waals surface area contributed by atoms with E-state index in [1.54, 1.807) is 31.2 Å². The molecule has 0 saturated heterocycles. The van der Waals surface area contributed by atoms with Gasteiger partial charge in [-0.05, 0) is 63.0 Å². The second kappa shape index (κ2) is 8.68. The Bertz CT molecular complexity index is 697. The fourth-order valence-corrected chi connectivity index (χ4v) is 3.58. The lowest BCUT2D eigenvalue weighted by molar-refractivity contribution is -0.158. The van der Waals surface area contributed by atoms with Gasteiger partial charge >= 0.3 is 5.97 Å². The van der Waals surface area contributed by atoms with Crippen molar-refractivity contribution in [2.75, 3.05) is 5.32 Å². The van der Waals surface area contributed by atoms with Crippen LogP contribution in [0.3, 0.4) is 0 Å². The Morgan fingerprint density at radius 2 is 1.74 bits per heavy atom. The van der Waals surface area contributed by atoms with E-state index in [1.807, 2.05) is 0 Å². The van der Waals surface area contributed by atoms with Crippen molar-refractivity contribution in [1.82, 2.24) is 0 Å². The lowest BCUT2D eigenvalue weighted by atomic mass is 9.70. The van der Waals surface area contributed by atoms with Crippen LogP contribution in [0, 0.1) is 17.3 Å². The molecule has 0 heterocycles. The summed E-state index contributed by atoms with van der Waals surface area (Å²) in [7, 11) is 0. The molecule has 0 radical (unpaired) electrons. The average Bonchev–Trinajstić information content (AvgIpc) is 2.61. The van der Waals surface area contributed by atoms with Crippen molar-refractivity contribution in [2.45, 2.75) is 66.4 Å². The van der Waals surface area contributed by atoms with Crippen LogP contribution in [0.1, 0.15) is 70.7 Å². The van der Waals surface area contributed by atoms with E-state index in [2.05, 4.69) is 26.1 Å². The van der Waals surface area contributed by atoms with E-state index in [-0.39, 0.29) is 23.1 Å². The van der Waals surface area contributed by atoms with Gasteiger partial charge in [-0.1, -0.05) is 32.9 Å². The molecule has 1 atom stereocenters. The number of anilines is 1. The zero-order valence-corrected chi connectivity index (χ0v) is 17.0. The number of rotatable bonds is 5. The molecule has 148 valence electrons. The summed E-state index contributed by atoms with van der Waals surface area (Å²) in [6.45, 7) is 9.76. The van der Waals surface area contributed by atoms with E-state index in [4.69, 9.17) is 4.74 Å². The van der Waals surface area contributed by atoms with Gasteiger partial charge in [-0.3, -0.25) is 14.4 Å². The molecular formula is C22H31NO4. The van der Waals surface area contributed by atoms with Crippen LogP contribution in [0.25, 0.3) is 0 Å². The lowest BCUT2D eigenvalue weighted by Gasteiger charge is -2.36. The van der Waals surface area contributed by atoms with Crippen LogP contribution < -0.4 is 5.32 Å². The molecule has 0 aliphatic heterocycles. The number of hydrogen-bond acceptors (Lipinski definition) is 4. The molecule has 2 rings (SSSR count). The normalized spacial score (nSPS) is 21.2. The van der Waals surface area contributed by atoms with Crippen molar-refractivity contribution in [1.29, 1.82) is 0 Å². The molecular weight excluding hydrogens is 342 g/mol.